The molecule has 0 unspecified atom stereocenters. The summed E-state index contributed by atoms with van der Waals surface area (Å²) in [5, 5.41) is 31.3. The first-order valence-corrected chi connectivity index (χ1v) is 5.31. The van der Waals surface area contributed by atoms with E-state index in [0.29, 0.717) is 0 Å². The van der Waals surface area contributed by atoms with E-state index in [4.69, 9.17) is 15.6 Å². The van der Waals surface area contributed by atoms with Crippen LogP contribution >= 0.6 is 0 Å². The van der Waals surface area contributed by atoms with Crippen molar-refractivity contribution in [1.29, 1.82) is 10.5 Å². The summed E-state index contributed by atoms with van der Waals surface area (Å²) in [5.41, 5.74) is 2.42. The molecule has 8 nitrogen and oxygen atoms in total. The van der Waals surface area contributed by atoms with Gasteiger partial charge in [0.05, 0.1) is 11.3 Å². The van der Waals surface area contributed by atoms with E-state index in [-0.39, 0.29) is 11.3 Å². The van der Waals surface area contributed by atoms with Crippen LogP contribution in [0, 0.1) is 22.7 Å². The minimum Gasteiger partial charge on any atom is -0.480 e. The average molecular weight is 271 g/mol. The number of hydrazone groups is 1. The third kappa shape index (κ3) is 4.13. The topological polar surface area (TPSA) is 138 Å². The van der Waals surface area contributed by atoms with Crippen LogP contribution in [-0.4, -0.2) is 29.2 Å². The molecule has 0 aliphatic heterocycles. The second-order valence-corrected chi connectivity index (χ2v) is 3.42. The van der Waals surface area contributed by atoms with Gasteiger partial charge in [-0.3, -0.25) is 15.0 Å². The molecule has 0 saturated carbocycles. The van der Waals surface area contributed by atoms with Crippen molar-refractivity contribution in [3.05, 3.63) is 29.8 Å². The normalized spacial score (nSPS) is 8.70. The maximum atomic E-state index is 11.8. The number of amides is 1. The van der Waals surface area contributed by atoms with Gasteiger partial charge in [-0.15, -0.1) is 0 Å². The van der Waals surface area contributed by atoms with Gasteiger partial charge in [-0.05, 0) is 12.1 Å². The van der Waals surface area contributed by atoms with E-state index in [0.717, 1.165) is 0 Å². The molecule has 0 fully saturated rings. The van der Waals surface area contributed by atoms with Crippen LogP contribution < -0.4 is 10.7 Å². The number of carbonyl (C=O) groups excluding carboxylic acids is 1. The van der Waals surface area contributed by atoms with Crippen molar-refractivity contribution in [2.45, 2.75) is 0 Å². The Hall–Kier alpha value is -3.39. The van der Waals surface area contributed by atoms with Gasteiger partial charge in [0.1, 0.15) is 18.7 Å². The number of para-hydroxylation sites is 1. The van der Waals surface area contributed by atoms with Gasteiger partial charge in [-0.25, -0.2) is 0 Å². The fourth-order valence-electron chi connectivity index (χ4n) is 1.22. The van der Waals surface area contributed by atoms with E-state index in [1.807, 2.05) is 0 Å². The molecule has 1 aromatic rings. The minimum atomic E-state index is -1.17. The number of benzene rings is 1. The van der Waals surface area contributed by atoms with Crippen molar-refractivity contribution >= 4 is 23.3 Å². The predicted molar refractivity (Wildman–Crippen MR) is 68.7 cm³/mol. The molecule has 0 aromatic heterocycles. The Labute approximate surface area is 113 Å². The molecule has 1 amide bonds. The zero-order chi connectivity index (χ0) is 15.0. The molecule has 0 bridgehead atoms. The number of aliphatic carboxylic acids is 1. The first-order valence-electron chi connectivity index (χ1n) is 5.31. The maximum Gasteiger partial charge on any atom is 0.322 e. The Kier molecular flexibility index (Phi) is 5.23. The molecular formula is C12H9N5O3. The molecule has 0 heterocycles. The zero-order valence-electron chi connectivity index (χ0n) is 10.1. The maximum absolute atomic E-state index is 11.8. The number of carbonyl (C=O) groups is 2. The van der Waals surface area contributed by atoms with Gasteiger partial charge >= 0.3 is 5.97 Å². The predicted octanol–water partition coefficient (Wildman–Crippen LogP) is 0.316. The molecule has 1 rings (SSSR count). The van der Waals surface area contributed by atoms with Crippen molar-refractivity contribution in [2.24, 2.45) is 5.10 Å². The Balaban J connectivity index is 2.92. The number of nitrogens with zero attached hydrogens (tertiary/aromatic N) is 3. The summed E-state index contributed by atoms with van der Waals surface area (Å²) < 4.78 is 0. The lowest BCUT2D eigenvalue weighted by Gasteiger charge is -2.08. The number of nitriles is 2. The molecule has 3 N–H and O–H groups in total. The summed E-state index contributed by atoms with van der Waals surface area (Å²) in [5.74, 6) is -1.78. The fraction of sp³-hybridized carbons (Fsp3) is 0.0833. The van der Waals surface area contributed by atoms with Crippen LogP contribution in [0.3, 0.4) is 0 Å². The van der Waals surface area contributed by atoms with Crippen LogP contribution in [0.1, 0.15) is 10.4 Å². The zero-order valence-corrected chi connectivity index (χ0v) is 10.1. The highest BCUT2D eigenvalue weighted by Crippen LogP contribution is 2.14. The number of rotatable bonds is 5. The van der Waals surface area contributed by atoms with Gasteiger partial charge < -0.3 is 10.4 Å². The van der Waals surface area contributed by atoms with Crippen molar-refractivity contribution in [2.75, 3.05) is 12.0 Å². The molecule has 100 valence electrons. The van der Waals surface area contributed by atoms with Crippen molar-refractivity contribution < 1.29 is 14.7 Å². The molecule has 0 atom stereocenters. The first-order chi connectivity index (χ1) is 9.58. The third-order valence-electron chi connectivity index (χ3n) is 2.07. The summed E-state index contributed by atoms with van der Waals surface area (Å²) in [6.45, 7) is -0.516. The van der Waals surface area contributed by atoms with E-state index >= 15 is 0 Å². The molecule has 0 spiro atoms. The highest BCUT2D eigenvalue weighted by molar-refractivity contribution is 6.10. The van der Waals surface area contributed by atoms with Crippen molar-refractivity contribution in [3.63, 3.8) is 0 Å². The van der Waals surface area contributed by atoms with E-state index < -0.39 is 24.1 Å². The molecule has 0 aliphatic carbocycles. The van der Waals surface area contributed by atoms with Crippen LogP contribution in [0.5, 0.6) is 0 Å². The summed E-state index contributed by atoms with van der Waals surface area (Å²) in [6.07, 6.45) is 0. The second kappa shape index (κ2) is 7.13. The Morgan fingerprint density at radius 3 is 2.50 bits per heavy atom. The Bertz CT molecular complexity index is 623. The van der Waals surface area contributed by atoms with Crippen LogP contribution in [0.15, 0.2) is 29.4 Å². The number of carboxylic acid groups (broad SMARTS) is 1. The SMILES string of the molecule is N#CC(C#N)=NNc1ccccc1C(=O)NCC(=O)O. The van der Waals surface area contributed by atoms with Gasteiger partial charge in [0.2, 0.25) is 5.71 Å². The molecule has 8 heteroatoms. The Morgan fingerprint density at radius 2 is 1.90 bits per heavy atom. The largest absolute Gasteiger partial charge is 0.480 e. The number of hydrogen-bond acceptors (Lipinski definition) is 6. The average Bonchev–Trinajstić information content (AvgIpc) is 2.46. The van der Waals surface area contributed by atoms with Gasteiger partial charge in [0.15, 0.2) is 0 Å². The smallest absolute Gasteiger partial charge is 0.322 e. The van der Waals surface area contributed by atoms with Gasteiger partial charge in [0, 0.05) is 0 Å². The molecule has 20 heavy (non-hydrogen) atoms. The fourth-order valence-corrected chi connectivity index (χ4v) is 1.22. The molecule has 1 aromatic carbocycles. The third-order valence-corrected chi connectivity index (χ3v) is 2.07. The highest BCUT2D eigenvalue weighted by atomic mass is 16.4. The van der Waals surface area contributed by atoms with Crippen LogP contribution in [0.25, 0.3) is 0 Å². The van der Waals surface area contributed by atoms with Crippen molar-refractivity contribution in [1.82, 2.24) is 5.32 Å². The van der Waals surface area contributed by atoms with Crippen LogP contribution in [0.2, 0.25) is 0 Å². The van der Waals surface area contributed by atoms with Crippen molar-refractivity contribution in [3.8, 4) is 12.1 Å². The summed E-state index contributed by atoms with van der Waals surface area (Å²) in [6, 6.07) is 9.27. The van der Waals surface area contributed by atoms with E-state index in [1.165, 1.54) is 12.1 Å². The number of hydrogen-bond donors (Lipinski definition) is 3. The lowest BCUT2D eigenvalue weighted by atomic mass is 10.1. The molecule has 0 aliphatic rings. The van der Waals surface area contributed by atoms with Gasteiger partial charge in [0.25, 0.3) is 5.91 Å². The molecule has 0 radical (unpaired) electrons. The number of anilines is 1. The molecule has 0 saturated heterocycles. The van der Waals surface area contributed by atoms with E-state index in [1.54, 1.807) is 24.3 Å². The quantitative estimate of drug-likeness (QED) is 0.520. The summed E-state index contributed by atoms with van der Waals surface area (Å²) >= 11 is 0. The summed E-state index contributed by atoms with van der Waals surface area (Å²) in [7, 11) is 0. The lowest BCUT2D eigenvalue weighted by molar-refractivity contribution is -0.135. The van der Waals surface area contributed by atoms with Gasteiger partial charge in [-0.1, -0.05) is 12.1 Å². The lowest BCUT2D eigenvalue weighted by Crippen LogP contribution is -2.29. The highest BCUT2D eigenvalue weighted by Gasteiger charge is 2.11. The van der Waals surface area contributed by atoms with Crippen LogP contribution in [0.4, 0.5) is 5.69 Å². The molecular weight excluding hydrogens is 262 g/mol. The number of nitrogens with one attached hydrogen (secondary N) is 2. The summed E-state index contributed by atoms with van der Waals surface area (Å²) in [4.78, 5) is 22.1. The second-order valence-electron chi connectivity index (χ2n) is 3.42. The van der Waals surface area contributed by atoms with E-state index in [9.17, 15) is 9.59 Å². The van der Waals surface area contributed by atoms with Crippen LogP contribution in [-0.2, 0) is 4.79 Å². The standard InChI is InChI=1S/C12H9N5O3/c13-5-8(6-14)16-17-10-4-2-1-3-9(10)12(20)15-7-11(18)19/h1-4,17H,7H2,(H,15,20)(H,18,19). The minimum absolute atomic E-state index is 0.146. The first kappa shape index (κ1) is 14.7. The van der Waals surface area contributed by atoms with Gasteiger partial charge in [-0.2, -0.15) is 15.6 Å². The monoisotopic (exact) mass is 271 g/mol. The number of carboxylic acids is 1. The van der Waals surface area contributed by atoms with E-state index in [2.05, 4.69) is 15.8 Å². The Morgan fingerprint density at radius 1 is 1.25 bits per heavy atom.